The van der Waals surface area contributed by atoms with Crippen LogP contribution in [0.1, 0.15) is 11.3 Å². The Morgan fingerprint density at radius 1 is 1.29 bits per heavy atom. The van der Waals surface area contributed by atoms with Crippen LogP contribution in [0.4, 0.5) is 4.79 Å². The smallest absolute Gasteiger partial charge is 0.315 e. The van der Waals surface area contributed by atoms with Gasteiger partial charge in [0.15, 0.2) is 0 Å². The van der Waals surface area contributed by atoms with Gasteiger partial charge in [0, 0.05) is 32.4 Å². The number of urea groups is 1. The number of hydrogen-bond donors (Lipinski definition) is 3. The van der Waals surface area contributed by atoms with Gasteiger partial charge in [0.25, 0.3) is 0 Å². The van der Waals surface area contributed by atoms with Crippen LogP contribution in [0.5, 0.6) is 0 Å². The molecule has 1 atom stereocenters. The second kappa shape index (κ2) is 8.47. The van der Waals surface area contributed by atoms with E-state index in [1.165, 1.54) is 5.56 Å². The van der Waals surface area contributed by atoms with Crippen LogP contribution >= 0.6 is 0 Å². The first-order chi connectivity index (χ1) is 11.8. The highest BCUT2D eigenvalue weighted by Crippen LogP contribution is 2.10. The van der Waals surface area contributed by atoms with Crippen molar-refractivity contribution in [2.75, 3.05) is 26.2 Å². The quantitative estimate of drug-likeness (QED) is 0.741. The van der Waals surface area contributed by atoms with Crippen molar-refractivity contribution in [2.45, 2.75) is 19.2 Å². The number of nitrogens with one attached hydrogen (secondary N) is 3. The molecule has 1 aliphatic heterocycles. The van der Waals surface area contributed by atoms with Crippen LogP contribution in [-0.4, -0.2) is 53.5 Å². The molecule has 2 aromatic rings. The zero-order valence-corrected chi connectivity index (χ0v) is 13.6. The van der Waals surface area contributed by atoms with E-state index in [1.807, 2.05) is 12.1 Å². The molecule has 0 saturated carbocycles. The molecule has 1 aromatic carbocycles. The summed E-state index contributed by atoms with van der Waals surface area (Å²) in [5, 5.41) is 12.3. The lowest BCUT2D eigenvalue weighted by Crippen LogP contribution is -2.48. The second-order valence-corrected chi connectivity index (χ2v) is 5.86. The van der Waals surface area contributed by atoms with E-state index >= 15 is 0 Å². The molecule has 2 heterocycles. The van der Waals surface area contributed by atoms with Crippen LogP contribution in [0.25, 0.3) is 0 Å². The molecule has 0 radical (unpaired) electrons. The van der Waals surface area contributed by atoms with Crippen LogP contribution in [0.3, 0.4) is 0 Å². The summed E-state index contributed by atoms with van der Waals surface area (Å²) in [4.78, 5) is 14.2. The number of amides is 2. The molecule has 7 nitrogen and oxygen atoms in total. The molecule has 7 heteroatoms. The number of benzene rings is 1. The van der Waals surface area contributed by atoms with Gasteiger partial charge in [-0.25, -0.2) is 4.79 Å². The van der Waals surface area contributed by atoms with Crippen molar-refractivity contribution in [3.63, 3.8) is 0 Å². The van der Waals surface area contributed by atoms with E-state index in [2.05, 4.69) is 50.0 Å². The van der Waals surface area contributed by atoms with Gasteiger partial charge in [-0.05, 0) is 11.6 Å². The first kappa shape index (κ1) is 16.5. The molecule has 0 bridgehead atoms. The predicted octanol–water partition coefficient (Wildman–Crippen LogP) is 1.11. The third-order valence-corrected chi connectivity index (χ3v) is 3.96. The van der Waals surface area contributed by atoms with Crippen molar-refractivity contribution < 1.29 is 9.53 Å². The van der Waals surface area contributed by atoms with Gasteiger partial charge >= 0.3 is 6.03 Å². The Hall–Kier alpha value is -2.38. The largest absolute Gasteiger partial charge is 0.374 e. The fourth-order valence-electron chi connectivity index (χ4n) is 2.72. The van der Waals surface area contributed by atoms with Gasteiger partial charge in [0.1, 0.15) is 0 Å². The zero-order valence-electron chi connectivity index (χ0n) is 13.6. The first-order valence-electron chi connectivity index (χ1n) is 8.17. The Kier molecular flexibility index (Phi) is 5.81. The Labute approximate surface area is 141 Å². The van der Waals surface area contributed by atoms with E-state index < -0.39 is 0 Å². The Morgan fingerprint density at radius 3 is 2.96 bits per heavy atom. The van der Waals surface area contributed by atoms with Gasteiger partial charge in [0.2, 0.25) is 0 Å². The van der Waals surface area contributed by atoms with Crippen molar-refractivity contribution in [1.82, 2.24) is 25.7 Å². The third kappa shape index (κ3) is 5.07. The molecular formula is C17H23N5O2. The lowest BCUT2D eigenvalue weighted by Gasteiger charge is -2.33. The van der Waals surface area contributed by atoms with Crippen molar-refractivity contribution in [2.24, 2.45) is 0 Å². The molecule has 0 aliphatic carbocycles. The Balaban J connectivity index is 1.38. The molecule has 1 aliphatic rings. The van der Waals surface area contributed by atoms with Gasteiger partial charge in [-0.15, -0.1) is 0 Å². The fraction of sp³-hybridized carbons (Fsp3) is 0.412. The topological polar surface area (TPSA) is 82.3 Å². The normalized spacial score (nSPS) is 18.2. The number of morpholine rings is 1. The molecular weight excluding hydrogens is 306 g/mol. The fourth-order valence-corrected chi connectivity index (χ4v) is 2.72. The summed E-state index contributed by atoms with van der Waals surface area (Å²) in [6.07, 6.45) is 1.67. The summed E-state index contributed by atoms with van der Waals surface area (Å²) in [6.45, 7) is 4.26. The summed E-state index contributed by atoms with van der Waals surface area (Å²) < 4.78 is 5.75. The van der Waals surface area contributed by atoms with Crippen LogP contribution < -0.4 is 10.6 Å². The van der Waals surface area contributed by atoms with E-state index in [1.54, 1.807) is 6.20 Å². The number of ether oxygens (including phenoxy) is 1. The maximum atomic E-state index is 11.8. The number of rotatable bonds is 6. The van der Waals surface area contributed by atoms with Crippen molar-refractivity contribution in [3.8, 4) is 0 Å². The molecule has 3 rings (SSSR count). The average Bonchev–Trinajstić information content (AvgIpc) is 3.13. The monoisotopic (exact) mass is 329 g/mol. The minimum Gasteiger partial charge on any atom is -0.374 e. The SMILES string of the molecule is O=C(NCc1ccn[nH]1)NC[C@@H]1CN(Cc2ccccc2)CCO1. The predicted molar refractivity (Wildman–Crippen MR) is 90.3 cm³/mol. The van der Waals surface area contributed by atoms with Crippen LogP contribution in [0.2, 0.25) is 0 Å². The number of hydrogen-bond acceptors (Lipinski definition) is 4. The second-order valence-electron chi connectivity index (χ2n) is 5.86. The molecule has 1 saturated heterocycles. The lowest BCUT2D eigenvalue weighted by atomic mass is 10.2. The first-order valence-corrected chi connectivity index (χ1v) is 8.17. The number of nitrogens with zero attached hydrogens (tertiary/aromatic N) is 2. The van der Waals surface area contributed by atoms with Crippen molar-refractivity contribution in [1.29, 1.82) is 0 Å². The van der Waals surface area contributed by atoms with E-state index in [4.69, 9.17) is 4.74 Å². The van der Waals surface area contributed by atoms with E-state index in [0.717, 1.165) is 25.3 Å². The Morgan fingerprint density at radius 2 is 2.17 bits per heavy atom. The number of carbonyl (C=O) groups excluding carboxylic acids is 1. The molecule has 1 fully saturated rings. The third-order valence-electron chi connectivity index (χ3n) is 3.96. The highest BCUT2D eigenvalue weighted by atomic mass is 16.5. The van der Waals surface area contributed by atoms with Crippen LogP contribution in [0, 0.1) is 0 Å². The van der Waals surface area contributed by atoms with E-state index in [9.17, 15) is 4.79 Å². The number of H-pyrrole nitrogens is 1. The van der Waals surface area contributed by atoms with E-state index in [-0.39, 0.29) is 12.1 Å². The van der Waals surface area contributed by atoms with Gasteiger partial charge in [-0.3, -0.25) is 10.00 Å². The summed E-state index contributed by atoms with van der Waals surface area (Å²) in [5.74, 6) is 0. The number of aromatic nitrogens is 2. The summed E-state index contributed by atoms with van der Waals surface area (Å²) >= 11 is 0. The summed E-state index contributed by atoms with van der Waals surface area (Å²) in [7, 11) is 0. The highest BCUT2D eigenvalue weighted by Gasteiger charge is 2.20. The van der Waals surface area contributed by atoms with Gasteiger partial charge < -0.3 is 15.4 Å². The maximum absolute atomic E-state index is 11.8. The molecule has 1 aromatic heterocycles. The highest BCUT2D eigenvalue weighted by molar-refractivity contribution is 5.73. The van der Waals surface area contributed by atoms with Gasteiger partial charge in [-0.2, -0.15) is 5.10 Å². The standard InChI is InChI=1S/C17H23N5O2/c23-17(18-10-15-6-7-20-21-15)19-11-16-13-22(8-9-24-16)12-14-4-2-1-3-5-14/h1-7,16H,8-13H2,(H,20,21)(H2,18,19,23)/t16-/m1/s1. The minimum absolute atomic E-state index is 0.0142. The molecule has 3 N–H and O–H groups in total. The van der Waals surface area contributed by atoms with Crippen LogP contribution in [-0.2, 0) is 17.8 Å². The molecule has 0 unspecified atom stereocenters. The zero-order chi connectivity index (χ0) is 16.6. The summed E-state index contributed by atoms with van der Waals surface area (Å²) in [5.41, 5.74) is 2.16. The van der Waals surface area contributed by atoms with E-state index in [0.29, 0.717) is 19.7 Å². The van der Waals surface area contributed by atoms with Gasteiger partial charge in [0.05, 0.1) is 24.9 Å². The summed E-state index contributed by atoms with van der Waals surface area (Å²) in [6, 6.07) is 12.0. The van der Waals surface area contributed by atoms with Crippen molar-refractivity contribution >= 4 is 6.03 Å². The number of carbonyl (C=O) groups is 1. The molecule has 24 heavy (non-hydrogen) atoms. The molecule has 2 amide bonds. The molecule has 0 spiro atoms. The molecule has 128 valence electrons. The lowest BCUT2D eigenvalue weighted by molar-refractivity contribution is -0.0287. The minimum atomic E-state index is -0.201. The Bertz CT molecular complexity index is 617. The van der Waals surface area contributed by atoms with Crippen molar-refractivity contribution in [3.05, 3.63) is 53.9 Å². The van der Waals surface area contributed by atoms with Crippen LogP contribution in [0.15, 0.2) is 42.6 Å². The maximum Gasteiger partial charge on any atom is 0.315 e. The average molecular weight is 329 g/mol. The number of aromatic amines is 1. The van der Waals surface area contributed by atoms with Gasteiger partial charge in [-0.1, -0.05) is 30.3 Å².